The van der Waals surface area contributed by atoms with Gasteiger partial charge in [-0.15, -0.1) is 24.8 Å². The van der Waals surface area contributed by atoms with Gasteiger partial charge in [0.2, 0.25) is 0 Å². The van der Waals surface area contributed by atoms with Gasteiger partial charge in [0, 0.05) is 19.3 Å². The highest BCUT2D eigenvalue weighted by atomic mass is 35.5. The number of hydrogen-bond donors (Lipinski definition) is 1. The number of carbonyl (C=O) groups is 1. The van der Waals surface area contributed by atoms with Gasteiger partial charge in [-0.3, -0.25) is 9.78 Å². The standard InChI is InChI=1S/C14H19N3O.2ClH/c18-13(12-3-1-2-7-16-12)17-10-6-14(11-17)4-8-15-9-5-14;;/h1-3,7,15H,4-6,8-11H2;2*1H. The Kier molecular flexibility index (Phi) is 6.24. The monoisotopic (exact) mass is 317 g/mol. The Morgan fingerprint density at radius 1 is 1.20 bits per heavy atom. The van der Waals surface area contributed by atoms with E-state index in [2.05, 4.69) is 10.3 Å². The maximum absolute atomic E-state index is 12.3. The van der Waals surface area contributed by atoms with E-state index in [1.807, 2.05) is 17.0 Å². The largest absolute Gasteiger partial charge is 0.337 e. The molecule has 1 aromatic rings. The van der Waals surface area contributed by atoms with Crippen LogP contribution in [0.4, 0.5) is 0 Å². The zero-order chi connectivity index (χ0) is 12.4. The molecule has 3 rings (SSSR count). The Morgan fingerprint density at radius 3 is 2.60 bits per heavy atom. The third kappa shape index (κ3) is 3.43. The second-order valence-corrected chi connectivity index (χ2v) is 5.44. The van der Waals surface area contributed by atoms with Crippen molar-refractivity contribution in [3.05, 3.63) is 30.1 Å². The molecule has 0 atom stereocenters. The van der Waals surface area contributed by atoms with Gasteiger partial charge in [-0.2, -0.15) is 0 Å². The van der Waals surface area contributed by atoms with Crippen LogP contribution >= 0.6 is 24.8 Å². The van der Waals surface area contributed by atoms with Gasteiger partial charge in [0.1, 0.15) is 5.69 Å². The molecule has 2 aliphatic heterocycles. The maximum Gasteiger partial charge on any atom is 0.272 e. The number of amides is 1. The predicted octanol–water partition coefficient (Wildman–Crippen LogP) is 2.14. The Labute approximate surface area is 132 Å². The molecule has 112 valence electrons. The van der Waals surface area contributed by atoms with Crippen LogP contribution < -0.4 is 5.32 Å². The highest BCUT2D eigenvalue weighted by Gasteiger charge is 2.40. The number of rotatable bonds is 1. The molecular weight excluding hydrogens is 297 g/mol. The fourth-order valence-corrected chi connectivity index (χ4v) is 3.12. The number of hydrogen-bond acceptors (Lipinski definition) is 3. The summed E-state index contributed by atoms with van der Waals surface area (Å²) in [4.78, 5) is 18.5. The fraction of sp³-hybridized carbons (Fsp3) is 0.571. The molecule has 2 aliphatic rings. The highest BCUT2D eigenvalue weighted by Crippen LogP contribution is 2.38. The van der Waals surface area contributed by atoms with Crippen molar-refractivity contribution in [2.24, 2.45) is 5.41 Å². The number of aromatic nitrogens is 1. The van der Waals surface area contributed by atoms with Crippen molar-refractivity contribution >= 4 is 30.7 Å². The average Bonchev–Trinajstić information content (AvgIpc) is 2.83. The summed E-state index contributed by atoms with van der Waals surface area (Å²) < 4.78 is 0. The topological polar surface area (TPSA) is 45.2 Å². The van der Waals surface area contributed by atoms with Crippen LogP contribution in [0.15, 0.2) is 24.4 Å². The van der Waals surface area contributed by atoms with Gasteiger partial charge in [-0.05, 0) is 49.9 Å². The number of carbonyl (C=O) groups excluding carboxylic acids is 1. The van der Waals surface area contributed by atoms with Crippen LogP contribution in [0, 0.1) is 5.41 Å². The van der Waals surface area contributed by atoms with Crippen LogP contribution in [0.5, 0.6) is 0 Å². The number of nitrogens with one attached hydrogen (secondary N) is 1. The van der Waals surface area contributed by atoms with E-state index in [0.717, 1.165) is 32.6 Å². The van der Waals surface area contributed by atoms with Crippen molar-refractivity contribution in [1.29, 1.82) is 0 Å². The molecule has 0 unspecified atom stereocenters. The molecule has 0 bridgehead atoms. The lowest BCUT2D eigenvalue weighted by atomic mass is 9.78. The summed E-state index contributed by atoms with van der Waals surface area (Å²) >= 11 is 0. The van der Waals surface area contributed by atoms with Crippen LogP contribution in [0.1, 0.15) is 29.8 Å². The first kappa shape index (κ1) is 17.2. The minimum absolute atomic E-state index is 0. The van der Waals surface area contributed by atoms with Crippen molar-refractivity contribution in [1.82, 2.24) is 15.2 Å². The van der Waals surface area contributed by atoms with Gasteiger partial charge in [0.05, 0.1) is 0 Å². The third-order valence-electron chi connectivity index (χ3n) is 4.27. The molecule has 2 saturated heterocycles. The highest BCUT2D eigenvalue weighted by molar-refractivity contribution is 5.92. The van der Waals surface area contributed by atoms with Crippen molar-refractivity contribution in [3.63, 3.8) is 0 Å². The first-order valence-electron chi connectivity index (χ1n) is 6.70. The van der Waals surface area contributed by atoms with Crippen molar-refractivity contribution in [3.8, 4) is 0 Å². The molecule has 1 N–H and O–H groups in total. The van der Waals surface area contributed by atoms with Crippen LogP contribution in [0.3, 0.4) is 0 Å². The molecule has 0 radical (unpaired) electrons. The molecule has 4 nitrogen and oxygen atoms in total. The molecule has 1 amide bonds. The van der Waals surface area contributed by atoms with Crippen molar-refractivity contribution < 1.29 is 4.79 Å². The lowest BCUT2D eigenvalue weighted by Gasteiger charge is -2.33. The van der Waals surface area contributed by atoms with Gasteiger partial charge in [-0.25, -0.2) is 0 Å². The number of pyridine rings is 1. The summed E-state index contributed by atoms with van der Waals surface area (Å²) in [6.45, 7) is 3.97. The minimum atomic E-state index is 0. The molecule has 0 saturated carbocycles. The van der Waals surface area contributed by atoms with E-state index in [4.69, 9.17) is 0 Å². The zero-order valence-corrected chi connectivity index (χ0v) is 13.0. The van der Waals surface area contributed by atoms with Crippen LogP contribution in [-0.2, 0) is 0 Å². The van der Waals surface area contributed by atoms with E-state index >= 15 is 0 Å². The average molecular weight is 318 g/mol. The van der Waals surface area contributed by atoms with Gasteiger partial charge < -0.3 is 10.2 Å². The molecule has 0 aromatic carbocycles. The zero-order valence-electron chi connectivity index (χ0n) is 11.4. The van der Waals surface area contributed by atoms with E-state index in [-0.39, 0.29) is 30.7 Å². The Morgan fingerprint density at radius 2 is 1.95 bits per heavy atom. The van der Waals surface area contributed by atoms with E-state index in [1.54, 1.807) is 12.3 Å². The molecule has 3 heterocycles. The smallest absolute Gasteiger partial charge is 0.272 e. The second-order valence-electron chi connectivity index (χ2n) is 5.44. The fourth-order valence-electron chi connectivity index (χ4n) is 3.12. The van der Waals surface area contributed by atoms with Crippen molar-refractivity contribution in [2.45, 2.75) is 19.3 Å². The van der Waals surface area contributed by atoms with Gasteiger partial charge >= 0.3 is 0 Å². The van der Waals surface area contributed by atoms with Gasteiger partial charge in [0.25, 0.3) is 5.91 Å². The molecule has 6 heteroatoms. The number of nitrogens with zero attached hydrogens (tertiary/aromatic N) is 2. The van der Waals surface area contributed by atoms with E-state index in [1.165, 1.54) is 12.8 Å². The Bertz CT molecular complexity index is 435. The Hall–Kier alpha value is -0.840. The SMILES string of the molecule is Cl.Cl.O=C(c1ccccn1)N1CCC2(CCNCC2)C1. The van der Waals surface area contributed by atoms with Gasteiger partial charge in [-0.1, -0.05) is 6.07 Å². The molecule has 20 heavy (non-hydrogen) atoms. The number of likely N-dealkylation sites (tertiary alicyclic amines) is 1. The molecule has 0 aliphatic carbocycles. The first-order chi connectivity index (χ1) is 8.79. The van der Waals surface area contributed by atoms with E-state index in [9.17, 15) is 4.79 Å². The second kappa shape index (κ2) is 7.25. The summed E-state index contributed by atoms with van der Waals surface area (Å²) in [5, 5.41) is 3.40. The van der Waals surface area contributed by atoms with Crippen molar-refractivity contribution in [2.75, 3.05) is 26.2 Å². The quantitative estimate of drug-likeness (QED) is 0.863. The van der Waals surface area contributed by atoms with Crippen LogP contribution in [0.2, 0.25) is 0 Å². The maximum atomic E-state index is 12.3. The third-order valence-corrected chi connectivity index (χ3v) is 4.27. The molecular formula is C14H21Cl2N3O. The number of piperidine rings is 1. The minimum Gasteiger partial charge on any atom is -0.337 e. The van der Waals surface area contributed by atoms with Crippen LogP contribution in [0.25, 0.3) is 0 Å². The summed E-state index contributed by atoms with van der Waals surface area (Å²) in [6, 6.07) is 5.52. The van der Waals surface area contributed by atoms with E-state index in [0.29, 0.717) is 11.1 Å². The van der Waals surface area contributed by atoms with Gasteiger partial charge in [0.15, 0.2) is 0 Å². The van der Waals surface area contributed by atoms with Crippen LogP contribution in [-0.4, -0.2) is 42.0 Å². The lowest BCUT2D eigenvalue weighted by molar-refractivity contribution is 0.0756. The Balaban J connectivity index is 0.000001000. The molecule has 1 spiro atoms. The predicted molar refractivity (Wildman–Crippen MR) is 83.8 cm³/mol. The van der Waals surface area contributed by atoms with E-state index < -0.39 is 0 Å². The first-order valence-corrected chi connectivity index (χ1v) is 6.70. The summed E-state index contributed by atoms with van der Waals surface area (Å²) in [6.07, 6.45) is 5.22. The lowest BCUT2D eigenvalue weighted by Crippen LogP contribution is -2.39. The normalized spacial score (nSPS) is 20.1. The molecule has 2 fully saturated rings. The summed E-state index contributed by atoms with van der Waals surface area (Å²) in [5.74, 6) is 0.0889. The number of halogens is 2. The molecule has 1 aromatic heterocycles. The summed E-state index contributed by atoms with van der Waals surface area (Å²) in [5.41, 5.74) is 0.943. The summed E-state index contributed by atoms with van der Waals surface area (Å²) in [7, 11) is 0.